The zero-order chi connectivity index (χ0) is 13.0. The van der Waals surface area contributed by atoms with Crippen LogP contribution in [-0.2, 0) is 11.3 Å². The minimum atomic E-state index is -1.04. The van der Waals surface area contributed by atoms with Crippen molar-refractivity contribution in [3.63, 3.8) is 0 Å². The number of rotatable bonds is 4. The Bertz CT molecular complexity index is 425. The summed E-state index contributed by atoms with van der Waals surface area (Å²) in [4.78, 5) is 11.0. The van der Waals surface area contributed by atoms with Crippen LogP contribution in [0.15, 0.2) is 18.2 Å². The number of hydrogen-bond acceptors (Lipinski definition) is 2. The second-order valence-corrected chi connectivity index (χ2v) is 4.68. The van der Waals surface area contributed by atoms with Gasteiger partial charge in [0.1, 0.15) is 5.82 Å². The number of carbonyl (C=O) groups is 1. The first-order valence-electron chi connectivity index (χ1n) is 6.30. The second-order valence-electron chi connectivity index (χ2n) is 4.68. The molecule has 1 aliphatic rings. The summed E-state index contributed by atoms with van der Waals surface area (Å²) in [6.07, 6.45) is 5.75. The van der Waals surface area contributed by atoms with Gasteiger partial charge in [-0.15, -0.1) is 0 Å². The van der Waals surface area contributed by atoms with Gasteiger partial charge in [0.15, 0.2) is 0 Å². The van der Waals surface area contributed by atoms with E-state index in [0.717, 1.165) is 31.7 Å². The highest BCUT2D eigenvalue weighted by Gasteiger charge is 2.16. The minimum Gasteiger partial charge on any atom is -0.478 e. The summed E-state index contributed by atoms with van der Waals surface area (Å²) in [6, 6.07) is 3.69. The summed E-state index contributed by atoms with van der Waals surface area (Å²) < 4.78 is 18.8. The molecule has 2 rings (SSSR count). The first-order valence-corrected chi connectivity index (χ1v) is 6.30. The van der Waals surface area contributed by atoms with E-state index in [0.29, 0.717) is 5.56 Å². The molecule has 0 amide bonds. The summed E-state index contributed by atoms with van der Waals surface area (Å²) in [7, 11) is 0. The number of ether oxygens (including phenoxy) is 1. The molecule has 1 aromatic carbocycles. The molecule has 0 spiro atoms. The van der Waals surface area contributed by atoms with Crippen molar-refractivity contribution in [2.45, 2.75) is 44.8 Å². The van der Waals surface area contributed by atoms with Crippen LogP contribution in [0.1, 0.15) is 48.0 Å². The van der Waals surface area contributed by atoms with Gasteiger partial charge in [0, 0.05) is 0 Å². The monoisotopic (exact) mass is 252 g/mol. The van der Waals surface area contributed by atoms with E-state index in [1.165, 1.54) is 18.6 Å². The zero-order valence-corrected chi connectivity index (χ0v) is 10.2. The van der Waals surface area contributed by atoms with Crippen LogP contribution in [0.2, 0.25) is 0 Å². The number of halogens is 1. The quantitative estimate of drug-likeness (QED) is 0.893. The molecule has 98 valence electrons. The largest absolute Gasteiger partial charge is 0.478 e. The second kappa shape index (κ2) is 5.96. The molecule has 0 aliphatic heterocycles. The zero-order valence-electron chi connectivity index (χ0n) is 10.2. The fraction of sp³-hybridized carbons (Fsp3) is 0.500. The van der Waals surface area contributed by atoms with Gasteiger partial charge < -0.3 is 9.84 Å². The molecule has 0 atom stereocenters. The first kappa shape index (κ1) is 13.0. The predicted octanol–water partition coefficient (Wildman–Crippen LogP) is 3.37. The van der Waals surface area contributed by atoms with Crippen LogP contribution in [0.3, 0.4) is 0 Å². The van der Waals surface area contributed by atoms with E-state index >= 15 is 0 Å². The summed E-state index contributed by atoms with van der Waals surface area (Å²) in [5, 5.41) is 9.02. The van der Waals surface area contributed by atoms with Crippen molar-refractivity contribution >= 4 is 5.97 Å². The average Bonchev–Trinajstić information content (AvgIpc) is 2.37. The van der Waals surface area contributed by atoms with Crippen molar-refractivity contribution < 1.29 is 19.0 Å². The highest BCUT2D eigenvalue weighted by atomic mass is 19.1. The van der Waals surface area contributed by atoms with Gasteiger partial charge in [-0.25, -0.2) is 9.18 Å². The van der Waals surface area contributed by atoms with E-state index in [1.54, 1.807) is 0 Å². The molecule has 1 aliphatic carbocycles. The van der Waals surface area contributed by atoms with Crippen LogP contribution in [0.25, 0.3) is 0 Å². The van der Waals surface area contributed by atoms with E-state index < -0.39 is 11.8 Å². The lowest BCUT2D eigenvalue weighted by atomic mass is 9.98. The Hall–Kier alpha value is -1.42. The molecular weight excluding hydrogens is 235 g/mol. The SMILES string of the molecule is O=C(O)c1ccc(F)cc1COC1CCCCC1. The molecule has 4 heteroatoms. The normalized spacial score (nSPS) is 16.7. The summed E-state index contributed by atoms with van der Waals surface area (Å²) in [5.41, 5.74) is 0.528. The Balaban J connectivity index is 2.03. The lowest BCUT2D eigenvalue weighted by Crippen LogP contribution is -2.17. The average molecular weight is 252 g/mol. The van der Waals surface area contributed by atoms with Crippen molar-refractivity contribution in [1.82, 2.24) is 0 Å². The van der Waals surface area contributed by atoms with E-state index in [1.807, 2.05) is 0 Å². The Morgan fingerprint density at radius 2 is 2.06 bits per heavy atom. The van der Waals surface area contributed by atoms with E-state index in [2.05, 4.69) is 0 Å². The van der Waals surface area contributed by atoms with E-state index in [-0.39, 0.29) is 18.3 Å². The summed E-state index contributed by atoms with van der Waals surface area (Å²) in [6.45, 7) is 0.171. The maximum atomic E-state index is 13.1. The molecule has 1 aromatic rings. The van der Waals surface area contributed by atoms with Crippen molar-refractivity contribution in [1.29, 1.82) is 0 Å². The Labute approximate surface area is 106 Å². The van der Waals surface area contributed by atoms with Crippen LogP contribution < -0.4 is 0 Å². The van der Waals surface area contributed by atoms with Crippen molar-refractivity contribution in [3.8, 4) is 0 Å². The first-order chi connectivity index (χ1) is 8.66. The standard InChI is InChI=1S/C14H17FO3/c15-11-6-7-13(14(16)17)10(8-11)9-18-12-4-2-1-3-5-12/h6-8,12H,1-5,9H2,(H,16,17). The fourth-order valence-corrected chi connectivity index (χ4v) is 2.33. The maximum absolute atomic E-state index is 13.1. The highest BCUT2D eigenvalue weighted by Crippen LogP contribution is 2.22. The van der Waals surface area contributed by atoms with Gasteiger partial charge in [0.05, 0.1) is 18.3 Å². The molecule has 1 fully saturated rings. The van der Waals surface area contributed by atoms with Gasteiger partial charge in [0.2, 0.25) is 0 Å². The van der Waals surface area contributed by atoms with Gasteiger partial charge >= 0.3 is 5.97 Å². The molecular formula is C14H17FO3. The number of benzene rings is 1. The predicted molar refractivity (Wildman–Crippen MR) is 65.0 cm³/mol. The number of hydrogen-bond donors (Lipinski definition) is 1. The molecule has 18 heavy (non-hydrogen) atoms. The molecule has 0 radical (unpaired) electrons. The summed E-state index contributed by atoms with van der Waals surface area (Å²) in [5.74, 6) is -1.47. The van der Waals surface area contributed by atoms with Crippen LogP contribution in [0.5, 0.6) is 0 Å². The Morgan fingerprint density at radius 1 is 1.33 bits per heavy atom. The van der Waals surface area contributed by atoms with Crippen molar-refractivity contribution in [2.75, 3.05) is 0 Å². The van der Waals surface area contributed by atoms with Crippen molar-refractivity contribution in [2.24, 2.45) is 0 Å². The lowest BCUT2D eigenvalue weighted by molar-refractivity contribution is 0.0161. The third-order valence-electron chi connectivity index (χ3n) is 3.32. The molecule has 0 bridgehead atoms. The third-order valence-corrected chi connectivity index (χ3v) is 3.32. The molecule has 1 saturated carbocycles. The lowest BCUT2D eigenvalue weighted by Gasteiger charge is -2.22. The van der Waals surface area contributed by atoms with Crippen LogP contribution in [0, 0.1) is 5.82 Å². The van der Waals surface area contributed by atoms with E-state index in [4.69, 9.17) is 9.84 Å². The van der Waals surface area contributed by atoms with Crippen molar-refractivity contribution in [3.05, 3.63) is 35.1 Å². The topological polar surface area (TPSA) is 46.5 Å². The maximum Gasteiger partial charge on any atom is 0.336 e. The minimum absolute atomic E-state index is 0.118. The van der Waals surface area contributed by atoms with Crippen LogP contribution >= 0.6 is 0 Å². The van der Waals surface area contributed by atoms with Gasteiger partial charge in [-0.05, 0) is 36.6 Å². The molecule has 3 nitrogen and oxygen atoms in total. The Kier molecular flexibility index (Phi) is 4.31. The fourth-order valence-electron chi connectivity index (χ4n) is 2.33. The smallest absolute Gasteiger partial charge is 0.336 e. The molecule has 0 saturated heterocycles. The molecule has 0 aromatic heterocycles. The Morgan fingerprint density at radius 3 is 2.72 bits per heavy atom. The number of carboxylic acid groups (broad SMARTS) is 1. The number of carboxylic acids is 1. The molecule has 0 unspecified atom stereocenters. The third kappa shape index (κ3) is 3.29. The van der Waals surface area contributed by atoms with Gasteiger partial charge in [-0.3, -0.25) is 0 Å². The molecule has 1 N–H and O–H groups in total. The van der Waals surface area contributed by atoms with Crippen LogP contribution in [0.4, 0.5) is 4.39 Å². The van der Waals surface area contributed by atoms with Gasteiger partial charge in [-0.1, -0.05) is 19.3 Å². The van der Waals surface area contributed by atoms with Gasteiger partial charge in [-0.2, -0.15) is 0 Å². The highest BCUT2D eigenvalue weighted by molar-refractivity contribution is 5.89. The van der Waals surface area contributed by atoms with Gasteiger partial charge in [0.25, 0.3) is 0 Å². The number of aromatic carboxylic acids is 1. The van der Waals surface area contributed by atoms with E-state index in [9.17, 15) is 9.18 Å². The van der Waals surface area contributed by atoms with Crippen LogP contribution in [-0.4, -0.2) is 17.2 Å². The molecule has 0 heterocycles. The summed E-state index contributed by atoms with van der Waals surface area (Å²) >= 11 is 0.